The zero-order chi connectivity index (χ0) is 22.4. The Bertz CT molecular complexity index is 1650. The Morgan fingerprint density at radius 1 is 0.969 bits per heavy atom. The summed E-state index contributed by atoms with van der Waals surface area (Å²) in [6, 6.07) is 16.0. The van der Waals surface area contributed by atoms with Crippen LogP contribution in [-0.4, -0.2) is 24.4 Å². The third-order valence-corrected chi connectivity index (χ3v) is 6.20. The first-order valence-corrected chi connectivity index (χ1v) is 10.9. The van der Waals surface area contributed by atoms with Gasteiger partial charge in [-0.3, -0.25) is 9.59 Å². The van der Waals surface area contributed by atoms with Gasteiger partial charge in [0.05, 0.1) is 10.2 Å². The molecule has 5 aromatic rings. The summed E-state index contributed by atoms with van der Waals surface area (Å²) in [5.41, 5.74) is 5.17. The molecule has 0 aliphatic heterocycles. The van der Waals surface area contributed by atoms with Crippen LogP contribution in [0.15, 0.2) is 64.3 Å². The number of rotatable bonds is 3. The van der Waals surface area contributed by atoms with Crippen molar-refractivity contribution >= 4 is 22.4 Å². The minimum atomic E-state index is -0.425. The van der Waals surface area contributed by atoms with E-state index in [4.69, 9.17) is 5.10 Å². The van der Waals surface area contributed by atoms with Crippen LogP contribution in [0.3, 0.4) is 0 Å². The summed E-state index contributed by atoms with van der Waals surface area (Å²) in [7, 11) is 0. The number of hydrogen-bond donors (Lipinski definition) is 0. The fourth-order valence-corrected chi connectivity index (χ4v) is 4.43. The molecule has 0 bridgehead atoms. The van der Waals surface area contributed by atoms with Gasteiger partial charge in [0.15, 0.2) is 0 Å². The Kier molecular flexibility index (Phi) is 4.79. The molecule has 3 aromatic heterocycles. The molecule has 0 N–H and O–H groups in total. The third kappa shape index (κ3) is 3.44. The van der Waals surface area contributed by atoms with E-state index in [1.165, 1.54) is 4.52 Å². The fraction of sp³-hybridized carbons (Fsp3) is 0.125. The van der Waals surface area contributed by atoms with Crippen LogP contribution in [0.25, 0.3) is 28.0 Å². The van der Waals surface area contributed by atoms with E-state index in [0.717, 1.165) is 45.0 Å². The van der Waals surface area contributed by atoms with Gasteiger partial charge >= 0.3 is 0 Å². The average molecular weight is 442 g/mol. The lowest BCUT2D eigenvalue weighted by Crippen LogP contribution is -2.27. The van der Waals surface area contributed by atoms with E-state index in [2.05, 4.69) is 28.3 Å². The van der Waals surface area contributed by atoms with Crippen molar-refractivity contribution in [1.29, 1.82) is 0 Å². The number of hydrogen-bond acceptors (Lipinski definition) is 6. The topological polar surface area (TPSA) is 82.2 Å². The maximum atomic E-state index is 13.0. The summed E-state index contributed by atoms with van der Waals surface area (Å²) >= 11 is 1.14. The van der Waals surface area contributed by atoms with Crippen LogP contribution in [0.1, 0.15) is 22.4 Å². The minimum Gasteiger partial charge on any atom is -0.266 e. The number of benzene rings is 2. The molecule has 0 amide bonds. The van der Waals surface area contributed by atoms with Crippen LogP contribution < -0.4 is 15.7 Å². The second-order valence-electron chi connectivity index (χ2n) is 7.64. The molecule has 0 spiro atoms. The fourth-order valence-electron chi connectivity index (χ4n) is 3.53. The molecule has 3 heterocycles. The number of para-hydroxylation sites is 1. The lowest BCUT2D eigenvalue weighted by Gasteiger charge is -2.05. The van der Waals surface area contributed by atoms with Crippen molar-refractivity contribution in [3.63, 3.8) is 0 Å². The quantitative estimate of drug-likeness (QED) is 0.430. The molecule has 0 saturated heterocycles. The maximum Gasteiger partial charge on any atom is 0.295 e. The zero-order valence-corrected chi connectivity index (χ0v) is 18.6. The number of fused-ring (bicyclic) bond motifs is 1. The van der Waals surface area contributed by atoms with Crippen molar-refractivity contribution in [3.05, 3.63) is 102 Å². The van der Waals surface area contributed by atoms with E-state index in [-0.39, 0.29) is 16.2 Å². The molecule has 0 fully saturated rings. The van der Waals surface area contributed by atoms with Crippen molar-refractivity contribution in [1.82, 2.24) is 24.4 Å². The molecular weight excluding hydrogens is 422 g/mol. The second kappa shape index (κ2) is 7.65. The summed E-state index contributed by atoms with van der Waals surface area (Å²) in [5, 5.41) is 8.96. The summed E-state index contributed by atoms with van der Waals surface area (Å²) in [6.45, 7) is 5.63. The average Bonchev–Trinajstić information content (AvgIpc) is 3.33. The van der Waals surface area contributed by atoms with Gasteiger partial charge in [-0.15, -0.1) is 0 Å². The van der Waals surface area contributed by atoms with Gasteiger partial charge in [-0.1, -0.05) is 47.2 Å². The summed E-state index contributed by atoms with van der Waals surface area (Å²) in [4.78, 5) is 29.1. The standard InChI is InChI=1S/C24H19N5O2S/c1-14-9-10-15(2)19(11-14)21-17(13-28(27-21)18-7-5-4-6-8-18)12-20-23(31)29-24(32-20)25-22(30)16(3)26-29/h4-13H,1-3H3/b20-12-. The second-order valence-corrected chi connectivity index (χ2v) is 8.65. The predicted octanol–water partition coefficient (Wildman–Crippen LogP) is 2.84. The van der Waals surface area contributed by atoms with Crippen molar-refractivity contribution in [2.24, 2.45) is 0 Å². The molecule has 2 aromatic carbocycles. The van der Waals surface area contributed by atoms with Crippen molar-refractivity contribution in [2.45, 2.75) is 20.8 Å². The molecule has 5 rings (SSSR count). The van der Waals surface area contributed by atoms with Crippen LogP contribution in [-0.2, 0) is 0 Å². The van der Waals surface area contributed by atoms with Gasteiger partial charge in [0.25, 0.3) is 11.1 Å². The highest BCUT2D eigenvalue weighted by Gasteiger charge is 2.15. The van der Waals surface area contributed by atoms with Crippen LogP contribution in [0, 0.1) is 20.8 Å². The molecule has 0 aliphatic carbocycles. The monoisotopic (exact) mass is 441 g/mol. The Morgan fingerprint density at radius 2 is 1.75 bits per heavy atom. The number of aryl methyl sites for hydroxylation is 3. The molecule has 32 heavy (non-hydrogen) atoms. The summed E-state index contributed by atoms with van der Waals surface area (Å²) < 4.78 is 3.44. The van der Waals surface area contributed by atoms with Gasteiger partial charge in [-0.05, 0) is 50.6 Å². The maximum absolute atomic E-state index is 13.0. The van der Waals surface area contributed by atoms with Crippen LogP contribution in [0.2, 0.25) is 0 Å². The highest BCUT2D eigenvalue weighted by Crippen LogP contribution is 2.28. The number of aromatic nitrogens is 5. The van der Waals surface area contributed by atoms with E-state index >= 15 is 0 Å². The molecule has 0 radical (unpaired) electrons. The Labute approximate surface area is 186 Å². The molecule has 0 atom stereocenters. The normalized spacial score (nSPS) is 12.0. The van der Waals surface area contributed by atoms with Crippen molar-refractivity contribution in [3.8, 4) is 16.9 Å². The first kappa shape index (κ1) is 20.0. The third-order valence-electron chi connectivity index (χ3n) is 5.24. The molecule has 0 aliphatic rings. The van der Waals surface area contributed by atoms with Crippen LogP contribution in [0.5, 0.6) is 0 Å². The molecular formula is C24H19N5O2S. The molecule has 0 unspecified atom stereocenters. The van der Waals surface area contributed by atoms with Crippen molar-refractivity contribution < 1.29 is 0 Å². The van der Waals surface area contributed by atoms with Gasteiger partial charge in [0, 0.05) is 17.3 Å². The largest absolute Gasteiger partial charge is 0.295 e. The molecule has 0 saturated carbocycles. The molecule has 158 valence electrons. The lowest BCUT2D eigenvalue weighted by atomic mass is 10.0. The summed E-state index contributed by atoms with van der Waals surface area (Å²) in [6.07, 6.45) is 3.71. The van der Waals surface area contributed by atoms with Crippen LogP contribution in [0.4, 0.5) is 0 Å². The van der Waals surface area contributed by atoms with E-state index < -0.39 is 5.56 Å². The SMILES string of the molecule is Cc1ccc(C)c(-c2nn(-c3ccccc3)cc2/C=c2\sc3nc(=O)c(C)nn3c2=O)c1. The number of thiazole rings is 1. The first-order chi connectivity index (χ1) is 15.4. The number of nitrogens with zero attached hydrogens (tertiary/aromatic N) is 5. The minimum absolute atomic E-state index is 0.192. The highest BCUT2D eigenvalue weighted by atomic mass is 32.1. The van der Waals surface area contributed by atoms with E-state index in [1.807, 2.05) is 55.1 Å². The summed E-state index contributed by atoms with van der Waals surface area (Å²) in [5.74, 6) is 0. The van der Waals surface area contributed by atoms with Gasteiger partial charge in [0.2, 0.25) is 4.96 Å². The van der Waals surface area contributed by atoms with Gasteiger partial charge in [-0.25, -0.2) is 4.68 Å². The van der Waals surface area contributed by atoms with E-state index in [9.17, 15) is 9.59 Å². The Hall–Kier alpha value is -3.91. The van der Waals surface area contributed by atoms with Crippen molar-refractivity contribution in [2.75, 3.05) is 0 Å². The van der Waals surface area contributed by atoms with Gasteiger partial charge in [-0.2, -0.15) is 19.7 Å². The highest BCUT2D eigenvalue weighted by molar-refractivity contribution is 7.15. The zero-order valence-electron chi connectivity index (χ0n) is 17.7. The Morgan fingerprint density at radius 3 is 2.53 bits per heavy atom. The lowest BCUT2D eigenvalue weighted by molar-refractivity contribution is 0.833. The van der Waals surface area contributed by atoms with E-state index in [1.54, 1.807) is 13.0 Å². The van der Waals surface area contributed by atoms with E-state index in [0.29, 0.717) is 4.53 Å². The smallest absolute Gasteiger partial charge is 0.266 e. The molecule has 7 nitrogen and oxygen atoms in total. The van der Waals surface area contributed by atoms with Crippen LogP contribution >= 0.6 is 11.3 Å². The van der Waals surface area contributed by atoms with Gasteiger partial charge < -0.3 is 0 Å². The van der Waals surface area contributed by atoms with Gasteiger partial charge in [0.1, 0.15) is 11.4 Å². The Balaban J connectivity index is 1.78. The molecule has 8 heteroatoms. The first-order valence-electron chi connectivity index (χ1n) is 10.1. The predicted molar refractivity (Wildman–Crippen MR) is 125 cm³/mol.